The number of benzene rings is 1. The number of ketones is 1. The quantitative estimate of drug-likeness (QED) is 0.476. The van der Waals surface area contributed by atoms with Gasteiger partial charge in [-0.05, 0) is 12.0 Å². The first kappa shape index (κ1) is 20.1. The van der Waals surface area contributed by atoms with Gasteiger partial charge in [-0.2, -0.15) is 0 Å². The van der Waals surface area contributed by atoms with E-state index in [-0.39, 0.29) is 29.4 Å². The molecule has 0 aliphatic heterocycles. The molecule has 0 aliphatic carbocycles. The number of anilines is 1. The number of carbonyl (C=O) groups is 2. The first-order valence-electron chi connectivity index (χ1n) is 9.08. The van der Waals surface area contributed by atoms with Gasteiger partial charge in [0.15, 0.2) is 6.61 Å². The molecule has 0 saturated carbocycles. The molecule has 0 fully saturated rings. The van der Waals surface area contributed by atoms with Crippen LogP contribution in [0.25, 0.3) is 10.9 Å². The van der Waals surface area contributed by atoms with E-state index in [0.717, 1.165) is 10.1 Å². The van der Waals surface area contributed by atoms with Gasteiger partial charge in [-0.25, -0.2) is 9.59 Å². The monoisotopic (exact) mass is 398 g/mol. The van der Waals surface area contributed by atoms with Gasteiger partial charge in [0.1, 0.15) is 11.4 Å². The summed E-state index contributed by atoms with van der Waals surface area (Å²) in [7, 11) is 1.27. The van der Waals surface area contributed by atoms with Gasteiger partial charge in [0.25, 0.3) is 5.56 Å². The first-order valence-corrected chi connectivity index (χ1v) is 9.08. The molecule has 0 unspecified atom stereocenters. The minimum absolute atomic E-state index is 0.0650. The maximum atomic E-state index is 12.6. The van der Waals surface area contributed by atoms with Crippen molar-refractivity contribution in [1.82, 2.24) is 14.1 Å². The number of rotatable bonds is 6. The second-order valence-corrected chi connectivity index (χ2v) is 7.16. The molecule has 152 valence electrons. The largest absolute Gasteiger partial charge is 0.454 e. The number of carbonyl (C=O) groups excluding carboxylic acids is 2. The van der Waals surface area contributed by atoms with Crippen molar-refractivity contribution in [3.8, 4) is 0 Å². The summed E-state index contributed by atoms with van der Waals surface area (Å²) in [5, 5.41) is 0.658. The zero-order valence-corrected chi connectivity index (χ0v) is 16.4. The number of nitrogens with one attached hydrogen (secondary N) is 1. The van der Waals surface area contributed by atoms with Crippen molar-refractivity contribution >= 4 is 28.5 Å². The Balaban J connectivity index is 1.87. The van der Waals surface area contributed by atoms with Gasteiger partial charge in [0.2, 0.25) is 5.78 Å². The van der Waals surface area contributed by atoms with Crippen LogP contribution in [0.2, 0.25) is 0 Å². The zero-order chi connectivity index (χ0) is 21.3. The van der Waals surface area contributed by atoms with E-state index in [2.05, 4.69) is 4.98 Å². The Kier molecular flexibility index (Phi) is 5.40. The second kappa shape index (κ2) is 7.78. The smallest absolute Gasteiger partial charge is 0.340 e. The van der Waals surface area contributed by atoms with Crippen molar-refractivity contribution in [2.45, 2.75) is 20.4 Å². The lowest BCUT2D eigenvalue weighted by Gasteiger charge is -2.16. The van der Waals surface area contributed by atoms with Crippen molar-refractivity contribution in [2.24, 2.45) is 13.0 Å². The Morgan fingerprint density at radius 2 is 1.90 bits per heavy atom. The summed E-state index contributed by atoms with van der Waals surface area (Å²) < 4.78 is 7.12. The van der Waals surface area contributed by atoms with Crippen molar-refractivity contribution in [3.05, 3.63) is 62.4 Å². The Labute approximate surface area is 165 Å². The minimum atomic E-state index is -0.819. The lowest BCUT2D eigenvalue weighted by Crippen LogP contribution is -2.43. The van der Waals surface area contributed by atoms with Crippen LogP contribution in [-0.4, -0.2) is 32.5 Å². The maximum absolute atomic E-state index is 12.6. The molecule has 3 rings (SSSR count). The van der Waals surface area contributed by atoms with E-state index in [1.54, 1.807) is 18.2 Å². The molecular weight excluding hydrogens is 376 g/mol. The Bertz CT molecular complexity index is 1220. The molecule has 0 radical (unpaired) electrons. The number of hydrogen-bond acceptors (Lipinski definition) is 6. The molecule has 0 saturated heterocycles. The number of aromatic nitrogens is 3. The number of nitrogens with zero attached hydrogens (tertiary/aromatic N) is 2. The molecule has 0 aliphatic rings. The number of nitrogen functional groups attached to an aromatic ring is 1. The van der Waals surface area contributed by atoms with Crippen LogP contribution < -0.4 is 17.0 Å². The number of esters is 1. The van der Waals surface area contributed by atoms with Crippen LogP contribution in [0.15, 0.2) is 40.1 Å². The maximum Gasteiger partial charge on any atom is 0.340 e. The highest BCUT2D eigenvalue weighted by molar-refractivity contribution is 6.06. The van der Waals surface area contributed by atoms with Crippen LogP contribution in [0.4, 0.5) is 5.82 Å². The van der Waals surface area contributed by atoms with E-state index in [0.29, 0.717) is 5.39 Å². The fourth-order valence-electron chi connectivity index (χ4n) is 3.11. The van der Waals surface area contributed by atoms with Crippen LogP contribution in [0.3, 0.4) is 0 Å². The van der Waals surface area contributed by atoms with Gasteiger partial charge >= 0.3 is 11.7 Å². The lowest BCUT2D eigenvalue weighted by atomic mass is 10.1. The van der Waals surface area contributed by atoms with Crippen molar-refractivity contribution in [2.75, 3.05) is 12.3 Å². The third-order valence-corrected chi connectivity index (χ3v) is 4.55. The van der Waals surface area contributed by atoms with Crippen LogP contribution >= 0.6 is 0 Å². The average Bonchev–Trinajstić information content (AvgIpc) is 3.12. The summed E-state index contributed by atoms with van der Waals surface area (Å²) in [6.07, 6.45) is 1.49. The zero-order valence-electron chi connectivity index (χ0n) is 16.4. The highest BCUT2D eigenvalue weighted by Gasteiger charge is 2.23. The molecule has 9 nitrogen and oxygen atoms in total. The Morgan fingerprint density at radius 1 is 1.21 bits per heavy atom. The van der Waals surface area contributed by atoms with E-state index >= 15 is 0 Å². The number of Topliss-reactive ketones (excluding diaryl/α,β-unsaturated/α-hetero) is 1. The molecule has 3 aromatic rings. The Morgan fingerprint density at radius 3 is 2.59 bits per heavy atom. The third kappa shape index (κ3) is 3.71. The first-order chi connectivity index (χ1) is 13.7. The summed E-state index contributed by atoms with van der Waals surface area (Å²) in [6, 6.07) is 7.15. The van der Waals surface area contributed by atoms with E-state index in [4.69, 9.17) is 10.5 Å². The van der Waals surface area contributed by atoms with E-state index in [1.165, 1.54) is 17.8 Å². The molecule has 1 aromatic carbocycles. The van der Waals surface area contributed by atoms with Crippen LogP contribution in [-0.2, 0) is 18.3 Å². The predicted molar refractivity (Wildman–Crippen MR) is 108 cm³/mol. The number of para-hydroxylation sites is 1. The molecule has 0 amide bonds. The molecular formula is C20H22N4O5. The van der Waals surface area contributed by atoms with Gasteiger partial charge in [0, 0.05) is 30.7 Å². The minimum Gasteiger partial charge on any atom is -0.454 e. The molecule has 0 spiro atoms. The van der Waals surface area contributed by atoms with Gasteiger partial charge in [-0.3, -0.25) is 18.7 Å². The number of ether oxygens (including phenoxy) is 1. The molecule has 3 N–H and O–H groups in total. The molecule has 2 aromatic heterocycles. The summed E-state index contributed by atoms with van der Waals surface area (Å²) in [5.74, 6) is -1.63. The standard InChI is InChI=1S/C20H22N4O5/c1-11(2)9-24-17(21)16(18(26)23(3)20(24)28)15(25)10-29-19(27)13-8-22-14-7-5-4-6-12(13)14/h4-8,11,22H,9-10,21H2,1-3H3. The summed E-state index contributed by atoms with van der Waals surface area (Å²) in [5.41, 5.74) is 5.21. The molecule has 29 heavy (non-hydrogen) atoms. The SMILES string of the molecule is CC(C)Cn1c(N)c(C(=O)COC(=O)c2c[nH]c3ccccc23)c(=O)n(C)c1=O. The number of hydrogen-bond donors (Lipinski definition) is 2. The fraction of sp³-hybridized carbons (Fsp3) is 0.300. The van der Waals surface area contributed by atoms with E-state index in [9.17, 15) is 19.2 Å². The summed E-state index contributed by atoms with van der Waals surface area (Å²) >= 11 is 0. The van der Waals surface area contributed by atoms with Crippen molar-refractivity contribution in [3.63, 3.8) is 0 Å². The third-order valence-electron chi connectivity index (χ3n) is 4.55. The summed E-state index contributed by atoms with van der Waals surface area (Å²) in [4.78, 5) is 52.7. The summed E-state index contributed by atoms with van der Waals surface area (Å²) in [6.45, 7) is 3.33. The van der Waals surface area contributed by atoms with Gasteiger partial charge in [0.05, 0.1) is 5.56 Å². The lowest BCUT2D eigenvalue weighted by molar-refractivity contribution is 0.0476. The second-order valence-electron chi connectivity index (χ2n) is 7.16. The van der Waals surface area contributed by atoms with Crippen LogP contribution in [0, 0.1) is 5.92 Å². The number of fused-ring (bicyclic) bond motifs is 1. The van der Waals surface area contributed by atoms with E-state index in [1.807, 2.05) is 19.9 Å². The number of aromatic amines is 1. The van der Waals surface area contributed by atoms with Gasteiger partial charge < -0.3 is 15.5 Å². The molecule has 0 atom stereocenters. The highest BCUT2D eigenvalue weighted by Crippen LogP contribution is 2.18. The van der Waals surface area contributed by atoms with Crippen molar-refractivity contribution < 1.29 is 14.3 Å². The number of H-pyrrole nitrogens is 1. The van der Waals surface area contributed by atoms with Gasteiger partial charge in [-0.15, -0.1) is 0 Å². The molecule has 2 heterocycles. The average molecular weight is 398 g/mol. The highest BCUT2D eigenvalue weighted by atomic mass is 16.5. The number of nitrogens with two attached hydrogens (primary N) is 1. The normalized spacial score (nSPS) is 11.2. The Hall–Kier alpha value is -3.62. The van der Waals surface area contributed by atoms with Crippen LogP contribution in [0.1, 0.15) is 34.6 Å². The van der Waals surface area contributed by atoms with Gasteiger partial charge in [-0.1, -0.05) is 32.0 Å². The van der Waals surface area contributed by atoms with E-state index < -0.39 is 29.6 Å². The predicted octanol–water partition coefficient (Wildman–Crippen LogP) is 1.31. The van der Waals surface area contributed by atoms with Crippen LogP contribution in [0.5, 0.6) is 0 Å². The van der Waals surface area contributed by atoms with Crippen molar-refractivity contribution in [1.29, 1.82) is 0 Å². The fourth-order valence-corrected chi connectivity index (χ4v) is 3.11. The molecule has 9 heteroatoms. The molecule has 0 bridgehead atoms. The topological polar surface area (TPSA) is 129 Å².